The molecule has 0 N–H and O–H groups in total. The molecule has 0 aromatic carbocycles. The van der Waals surface area contributed by atoms with Crippen LogP contribution in [0.15, 0.2) is 11.8 Å². The third-order valence-electron chi connectivity index (χ3n) is 4.04. The van der Waals surface area contributed by atoms with Crippen LogP contribution in [0.1, 0.15) is 20.3 Å². The van der Waals surface area contributed by atoms with E-state index in [1.54, 1.807) is 13.8 Å². The maximum atomic E-state index is 12.6. The first kappa shape index (κ1) is 22.5. The minimum absolute atomic E-state index is 0.152. The summed E-state index contributed by atoms with van der Waals surface area (Å²) in [6, 6.07) is -0.728. The topological polar surface area (TPSA) is 40.6 Å². The van der Waals surface area contributed by atoms with E-state index in [0.29, 0.717) is 0 Å². The molecule has 10 heteroatoms. The Morgan fingerprint density at radius 1 is 1.04 bits per heavy atom. The molecular formula is C14H18Cl6N2O2. The Morgan fingerprint density at radius 2 is 1.54 bits per heavy atom. The molecule has 0 aliphatic carbocycles. The number of alkyl halides is 6. The number of amides is 2. The van der Waals surface area contributed by atoms with Crippen LogP contribution in [0.4, 0.5) is 0 Å². The first-order valence-corrected chi connectivity index (χ1v) is 9.34. The molecule has 138 valence electrons. The molecule has 0 saturated carbocycles. The van der Waals surface area contributed by atoms with Crippen molar-refractivity contribution in [2.24, 2.45) is 11.8 Å². The van der Waals surface area contributed by atoms with Crippen molar-refractivity contribution in [3.8, 4) is 0 Å². The first-order valence-electron chi connectivity index (χ1n) is 7.07. The smallest absolute Gasteiger partial charge is 0.270 e. The monoisotopic (exact) mass is 456 g/mol. The molecule has 4 nitrogen and oxygen atoms in total. The number of carbonyl (C=O) groups is 2. The van der Waals surface area contributed by atoms with Gasteiger partial charge in [0.1, 0.15) is 11.7 Å². The fourth-order valence-corrected chi connectivity index (χ4v) is 2.67. The Balaban J connectivity index is 3.09. The van der Waals surface area contributed by atoms with Gasteiger partial charge in [0.05, 0.1) is 0 Å². The Hall–Kier alpha value is 0.420. The summed E-state index contributed by atoms with van der Waals surface area (Å²) < 4.78 is -3.11. The molecular weight excluding hydrogens is 441 g/mol. The minimum atomic E-state index is -1.59. The second-order valence-electron chi connectivity index (χ2n) is 5.89. The van der Waals surface area contributed by atoms with Crippen LogP contribution in [0, 0.1) is 11.8 Å². The van der Waals surface area contributed by atoms with E-state index in [1.807, 2.05) is 0 Å². The standard InChI is InChI=1S/C14H18Cl6N2O2/c1-7(13(15,16)17)5-9-11(23)22(4)10(12(24)21(9)3)6-8(2)14(18,19)20/h5,7-8,10H,6H2,1-4H3. The molecule has 0 aromatic rings. The van der Waals surface area contributed by atoms with Crippen molar-refractivity contribution < 1.29 is 9.59 Å². The third kappa shape index (κ3) is 5.21. The summed E-state index contributed by atoms with van der Waals surface area (Å²) in [6.45, 7) is 3.34. The molecule has 0 spiro atoms. The average molecular weight is 459 g/mol. The fraction of sp³-hybridized carbons (Fsp3) is 0.714. The van der Waals surface area contributed by atoms with Crippen LogP contribution in [-0.2, 0) is 9.59 Å². The lowest BCUT2D eigenvalue weighted by Gasteiger charge is -2.40. The van der Waals surface area contributed by atoms with Crippen molar-refractivity contribution in [1.29, 1.82) is 0 Å². The highest BCUT2D eigenvalue weighted by Gasteiger charge is 2.43. The second kappa shape index (κ2) is 7.98. The summed E-state index contributed by atoms with van der Waals surface area (Å²) in [5.74, 6) is -1.65. The Morgan fingerprint density at radius 3 is 1.96 bits per heavy atom. The molecule has 3 unspecified atom stereocenters. The average Bonchev–Trinajstić information content (AvgIpc) is 2.43. The summed E-state index contributed by atoms with van der Waals surface area (Å²) in [5, 5.41) is 0. The minimum Gasteiger partial charge on any atom is -0.328 e. The predicted molar refractivity (Wildman–Crippen MR) is 101 cm³/mol. The Kier molecular flexibility index (Phi) is 7.46. The van der Waals surface area contributed by atoms with Crippen molar-refractivity contribution in [2.75, 3.05) is 14.1 Å². The SMILES string of the molecule is CC(C=C1C(=O)N(C)C(CC(C)C(Cl)(Cl)Cl)C(=O)N1C)C(Cl)(Cl)Cl. The highest BCUT2D eigenvalue weighted by Crippen LogP contribution is 2.39. The third-order valence-corrected chi connectivity index (χ3v) is 6.19. The highest BCUT2D eigenvalue weighted by atomic mass is 35.6. The fourth-order valence-electron chi connectivity index (χ4n) is 2.22. The number of carbonyl (C=O) groups excluding carboxylic acids is 2. The number of halogens is 6. The predicted octanol–water partition coefficient (Wildman–Crippen LogP) is 4.57. The summed E-state index contributed by atoms with van der Waals surface area (Å²) in [5.41, 5.74) is 0.152. The van der Waals surface area contributed by atoms with Gasteiger partial charge in [-0.2, -0.15) is 0 Å². The summed E-state index contributed by atoms with van der Waals surface area (Å²) in [7, 11) is 3.02. The van der Waals surface area contributed by atoms with Crippen molar-refractivity contribution in [3.05, 3.63) is 11.8 Å². The van der Waals surface area contributed by atoms with Crippen LogP contribution in [0.25, 0.3) is 0 Å². The highest BCUT2D eigenvalue weighted by molar-refractivity contribution is 6.68. The van der Waals surface area contributed by atoms with Gasteiger partial charge in [0.2, 0.25) is 5.91 Å². The molecule has 24 heavy (non-hydrogen) atoms. The van der Waals surface area contributed by atoms with Crippen molar-refractivity contribution in [1.82, 2.24) is 9.80 Å². The van der Waals surface area contributed by atoms with Gasteiger partial charge in [0.25, 0.3) is 5.91 Å². The van der Waals surface area contributed by atoms with Crippen molar-refractivity contribution in [3.63, 3.8) is 0 Å². The Labute approximate surface area is 171 Å². The summed E-state index contributed by atoms with van der Waals surface area (Å²) >= 11 is 35.1. The normalized spacial score (nSPS) is 24.6. The van der Waals surface area contributed by atoms with E-state index in [-0.39, 0.29) is 23.9 Å². The molecule has 1 aliphatic heterocycles. The van der Waals surface area contributed by atoms with E-state index in [2.05, 4.69) is 0 Å². The van der Waals surface area contributed by atoms with E-state index < -0.39 is 25.5 Å². The molecule has 1 rings (SSSR count). The van der Waals surface area contributed by atoms with E-state index in [1.165, 1.54) is 30.0 Å². The maximum absolute atomic E-state index is 12.6. The van der Waals surface area contributed by atoms with Gasteiger partial charge in [-0.25, -0.2) is 0 Å². The number of nitrogens with zero attached hydrogens (tertiary/aromatic N) is 2. The molecule has 0 bridgehead atoms. The van der Waals surface area contributed by atoms with Crippen LogP contribution in [0.5, 0.6) is 0 Å². The summed E-state index contributed by atoms with van der Waals surface area (Å²) in [6.07, 6.45) is 1.69. The number of piperazine rings is 1. The lowest BCUT2D eigenvalue weighted by Crippen LogP contribution is -2.56. The molecule has 2 amide bonds. The van der Waals surface area contributed by atoms with Gasteiger partial charge < -0.3 is 9.80 Å². The molecule has 3 atom stereocenters. The van der Waals surface area contributed by atoms with Gasteiger partial charge in [-0.3, -0.25) is 9.59 Å². The number of likely N-dealkylation sites (N-methyl/N-ethyl adjacent to an activating group) is 2. The van der Waals surface area contributed by atoms with Gasteiger partial charge in [0, 0.05) is 25.9 Å². The van der Waals surface area contributed by atoms with Crippen LogP contribution >= 0.6 is 69.6 Å². The van der Waals surface area contributed by atoms with E-state index in [4.69, 9.17) is 69.6 Å². The van der Waals surface area contributed by atoms with Crippen LogP contribution in [-0.4, -0.2) is 49.3 Å². The van der Waals surface area contributed by atoms with Gasteiger partial charge in [-0.1, -0.05) is 83.5 Å². The van der Waals surface area contributed by atoms with Crippen molar-refractivity contribution in [2.45, 2.75) is 33.9 Å². The molecule has 1 heterocycles. The van der Waals surface area contributed by atoms with Gasteiger partial charge in [-0.05, 0) is 12.5 Å². The van der Waals surface area contributed by atoms with Crippen LogP contribution in [0.3, 0.4) is 0 Å². The molecule has 0 aromatic heterocycles. The second-order valence-corrected chi connectivity index (χ2v) is 10.6. The maximum Gasteiger partial charge on any atom is 0.270 e. The van der Waals surface area contributed by atoms with Crippen LogP contribution in [0.2, 0.25) is 0 Å². The first-order chi connectivity index (χ1) is 10.7. The molecule has 1 aliphatic rings. The Bertz CT molecular complexity index is 540. The number of hydrogen-bond acceptors (Lipinski definition) is 2. The van der Waals surface area contributed by atoms with Gasteiger partial charge >= 0.3 is 0 Å². The summed E-state index contributed by atoms with van der Waals surface area (Å²) in [4.78, 5) is 27.8. The lowest BCUT2D eigenvalue weighted by molar-refractivity contribution is -0.149. The number of hydrogen-bond donors (Lipinski definition) is 0. The van der Waals surface area contributed by atoms with E-state index >= 15 is 0 Å². The zero-order valence-electron chi connectivity index (χ0n) is 13.5. The van der Waals surface area contributed by atoms with Crippen molar-refractivity contribution >= 4 is 81.4 Å². The van der Waals surface area contributed by atoms with Gasteiger partial charge in [-0.15, -0.1) is 0 Å². The number of rotatable bonds is 3. The largest absolute Gasteiger partial charge is 0.328 e. The van der Waals surface area contributed by atoms with E-state index in [9.17, 15) is 9.59 Å². The quantitative estimate of drug-likeness (QED) is 0.459. The van der Waals surface area contributed by atoms with Gasteiger partial charge in [0.15, 0.2) is 7.59 Å². The molecule has 0 radical (unpaired) electrons. The van der Waals surface area contributed by atoms with E-state index in [0.717, 1.165) is 0 Å². The lowest BCUT2D eigenvalue weighted by atomic mass is 9.97. The number of allylic oxidation sites excluding steroid dienone is 1. The molecule has 1 saturated heterocycles. The van der Waals surface area contributed by atoms with Crippen LogP contribution < -0.4 is 0 Å². The zero-order chi connectivity index (χ0) is 19.0. The zero-order valence-corrected chi connectivity index (χ0v) is 18.0. The molecule has 1 fully saturated rings.